The molecular weight excluding hydrogens is 332 g/mol. The van der Waals surface area contributed by atoms with E-state index in [2.05, 4.69) is 39.6 Å². The highest BCUT2D eigenvalue weighted by molar-refractivity contribution is 9.10. The second-order valence-electron chi connectivity index (χ2n) is 5.34. The average molecular weight is 355 g/mol. The molecule has 1 fully saturated rings. The van der Waals surface area contributed by atoms with Crippen LogP contribution in [0.25, 0.3) is 0 Å². The lowest BCUT2D eigenvalue weighted by molar-refractivity contribution is -0.122. The van der Waals surface area contributed by atoms with E-state index in [9.17, 15) is 4.79 Å². The van der Waals surface area contributed by atoms with Crippen LogP contribution in [0.3, 0.4) is 0 Å². The SMILES string of the molecule is CCCOc1ccc(Br)cc1CNCCNC(=O)C1CC1. The Morgan fingerprint density at radius 2 is 2.19 bits per heavy atom. The lowest BCUT2D eigenvalue weighted by Gasteiger charge is -2.12. The number of ether oxygens (including phenoxy) is 1. The number of benzene rings is 1. The molecule has 1 aliphatic rings. The van der Waals surface area contributed by atoms with Crippen LogP contribution < -0.4 is 15.4 Å². The topological polar surface area (TPSA) is 50.4 Å². The average Bonchev–Trinajstić information content (AvgIpc) is 3.30. The summed E-state index contributed by atoms with van der Waals surface area (Å²) in [5.74, 6) is 1.41. The Morgan fingerprint density at radius 3 is 2.90 bits per heavy atom. The molecule has 0 aromatic heterocycles. The minimum absolute atomic E-state index is 0.200. The lowest BCUT2D eigenvalue weighted by Crippen LogP contribution is -2.32. The molecule has 0 aliphatic heterocycles. The second-order valence-corrected chi connectivity index (χ2v) is 6.26. The van der Waals surface area contributed by atoms with Gasteiger partial charge in [-0.1, -0.05) is 22.9 Å². The molecule has 5 heteroatoms. The van der Waals surface area contributed by atoms with Crippen molar-refractivity contribution in [2.75, 3.05) is 19.7 Å². The maximum Gasteiger partial charge on any atom is 0.223 e. The maximum atomic E-state index is 11.5. The van der Waals surface area contributed by atoms with E-state index in [-0.39, 0.29) is 11.8 Å². The van der Waals surface area contributed by atoms with Crippen molar-refractivity contribution in [3.05, 3.63) is 28.2 Å². The molecule has 0 heterocycles. The number of rotatable bonds is 9. The summed E-state index contributed by atoms with van der Waals surface area (Å²) in [6, 6.07) is 6.05. The van der Waals surface area contributed by atoms with Gasteiger partial charge in [-0.3, -0.25) is 4.79 Å². The Morgan fingerprint density at radius 1 is 1.38 bits per heavy atom. The van der Waals surface area contributed by atoms with Crippen LogP contribution in [0.15, 0.2) is 22.7 Å². The summed E-state index contributed by atoms with van der Waals surface area (Å²) in [4.78, 5) is 11.5. The number of hydrogen-bond donors (Lipinski definition) is 2. The first-order chi connectivity index (χ1) is 10.2. The molecule has 4 nitrogen and oxygen atoms in total. The van der Waals surface area contributed by atoms with Crippen molar-refractivity contribution in [1.29, 1.82) is 0 Å². The molecule has 1 amide bonds. The fourth-order valence-corrected chi connectivity index (χ4v) is 2.43. The Bertz CT molecular complexity index is 475. The van der Waals surface area contributed by atoms with E-state index < -0.39 is 0 Å². The largest absolute Gasteiger partial charge is 0.493 e. The minimum Gasteiger partial charge on any atom is -0.493 e. The zero-order valence-electron chi connectivity index (χ0n) is 12.5. The molecule has 0 radical (unpaired) electrons. The van der Waals surface area contributed by atoms with Crippen molar-refractivity contribution < 1.29 is 9.53 Å². The number of carbonyl (C=O) groups is 1. The first-order valence-electron chi connectivity index (χ1n) is 7.60. The summed E-state index contributed by atoms with van der Waals surface area (Å²) in [5.41, 5.74) is 1.13. The Balaban J connectivity index is 1.73. The summed E-state index contributed by atoms with van der Waals surface area (Å²) in [7, 11) is 0. The lowest BCUT2D eigenvalue weighted by atomic mass is 10.2. The number of hydrogen-bond acceptors (Lipinski definition) is 3. The third-order valence-electron chi connectivity index (χ3n) is 3.35. The van der Waals surface area contributed by atoms with Crippen molar-refractivity contribution in [1.82, 2.24) is 10.6 Å². The van der Waals surface area contributed by atoms with Crippen LogP contribution in [-0.2, 0) is 11.3 Å². The molecule has 1 saturated carbocycles. The quantitative estimate of drug-likeness (QED) is 0.670. The van der Waals surface area contributed by atoms with Crippen molar-refractivity contribution in [3.63, 3.8) is 0 Å². The molecule has 21 heavy (non-hydrogen) atoms. The summed E-state index contributed by atoms with van der Waals surface area (Å²) >= 11 is 3.49. The molecule has 1 aliphatic carbocycles. The fourth-order valence-electron chi connectivity index (χ4n) is 2.03. The van der Waals surface area contributed by atoms with E-state index in [0.717, 1.165) is 54.7 Å². The standard InChI is InChI=1S/C16H23BrN2O2/c1-2-9-21-15-6-5-14(17)10-13(15)11-18-7-8-19-16(20)12-3-4-12/h5-6,10,12,18H,2-4,7-9,11H2,1H3,(H,19,20). The van der Waals surface area contributed by atoms with Gasteiger partial charge in [0.25, 0.3) is 0 Å². The van der Waals surface area contributed by atoms with E-state index >= 15 is 0 Å². The summed E-state index contributed by atoms with van der Waals surface area (Å²) in [5, 5.41) is 6.29. The molecule has 2 N–H and O–H groups in total. The molecule has 2 rings (SSSR count). The van der Waals surface area contributed by atoms with Crippen LogP contribution in [0.5, 0.6) is 5.75 Å². The van der Waals surface area contributed by atoms with Gasteiger partial charge >= 0.3 is 0 Å². The van der Waals surface area contributed by atoms with Gasteiger partial charge in [0, 0.05) is 35.6 Å². The van der Waals surface area contributed by atoms with Crippen LogP contribution in [0.4, 0.5) is 0 Å². The Kier molecular flexibility index (Phi) is 6.51. The Hall–Kier alpha value is -1.07. The van der Waals surface area contributed by atoms with E-state index in [1.807, 2.05) is 12.1 Å². The van der Waals surface area contributed by atoms with E-state index in [4.69, 9.17) is 4.74 Å². The predicted octanol–water partition coefficient (Wildman–Crippen LogP) is 2.85. The van der Waals surface area contributed by atoms with Gasteiger partial charge in [0.05, 0.1) is 6.61 Å². The number of nitrogens with one attached hydrogen (secondary N) is 2. The molecule has 0 saturated heterocycles. The van der Waals surface area contributed by atoms with Gasteiger partial charge in [-0.05, 0) is 37.5 Å². The highest BCUT2D eigenvalue weighted by atomic mass is 79.9. The minimum atomic E-state index is 0.200. The van der Waals surface area contributed by atoms with Crippen molar-refractivity contribution in [2.45, 2.75) is 32.7 Å². The van der Waals surface area contributed by atoms with Crippen LogP contribution in [-0.4, -0.2) is 25.6 Å². The summed E-state index contributed by atoms with van der Waals surface area (Å²) < 4.78 is 6.79. The zero-order valence-corrected chi connectivity index (χ0v) is 14.0. The number of halogens is 1. The highest BCUT2D eigenvalue weighted by Gasteiger charge is 2.28. The van der Waals surface area contributed by atoms with Gasteiger partial charge in [0.15, 0.2) is 0 Å². The molecule has 116 valence electrons. The van der Waals surface area contributed by atoms with Gasteiger partial charge in [-0.15, -0.1) is 0 Å². The van der Waals surface area contributed by atoms with E-state index in [0.29, 0.717) is 6.54 Å². The van der Waals surface area contributed by atoms with Crippen LogP contribution in [0.1, 0.15) is 31.7 Å². The van der Waals surface area contributed by atoms with Gasteiger partial charge in [-0.25, -0.2) is 0 Å². The molecule has 0 bridgehead atoms. The zero-order chi connectivity index (χ0) is 15.1. The second kappa shape index (κ2) is 8.39. The Labute approximate surface area is 134 Å². The summed E-state index contributed by atoms with van der Waals surface area (Å²) in [6.07, 6.45) is 3.10. The molecule has 0 unspecified atom stereocenters. The first-order valence-corrected chi connectivity index (χ1v) is 8.39. The van der Waals surface area contributed by atoms with Crippen molar-refractivity contribution >= 4 is 21.8 Å². The van der Waals surface area contributed by atoms with Crippen LogP contribution >= 0.6 is 15.9 Å². The van der Waals surface area contributed by atoms with Gasteiger partial charge in [-0.2, -0.15) is 0 Å². The predicted molar refractivity (Wildman–Crippen MR) is 87.4 cm³/mol. The highest BCUT2D eigenvalue weighted by Crippen LogP contribution is 2.28. The van der Waals surface area contributed by atoms with Crippen molar-refractivity contribution in [3.8, 4) is 5.75 Å². The fraction of sp³-hybridized carbons (Fsp3) is 0.562. The normalized spacial score (nSPS) is 14.0. The van der Waals surface area contributed by atoms with Gasteiger partial charge < -0.3 is 15.4 Å². The number of amides is 1. The molecule has 1 aromatic carbocycles. The van der Waals surface area contributed by atoms with Crippen LogP contribution in [0.2, 0.25) is 0 Å². The maximum absolute atomic E-state index is 11.5. The molecule has 0 spiro atoms. The smallest absolute Gasteiger partial charge is 0.223 e. The third-order valence-corrected chi connectivity index (χ3v) is 3.84. The molecule has 1 aromatic rings. The van der Waals surface area contributed by atoms with E-state index in [1.165, 1.54) is 0 Å². The monoisotopic (exact) mass is 354 g/mol. The van der Waals surface area contributed by atoms with Crippen molar-refractivity contribution in [2.24, 2.45) is 5.92 Å². The number of carbonyl (C=O) groups excluding carboxylic acids is 1. The summed E-state index contributed by atoms with van der Waals surface area (Å²) in [6.45, 7) is 5.00. The van der Waals surface area contributed by atoms with Gasteiger partial charge in [0.1, 0.15) is 5.75 Å². The van der Waals surface area contributed by atoms with Gasteiger partial charge in [0.2, 0.25) is 5.91 Å². The van der Waals surface area contributed by atoms with Crippen LogP contribution in [0, 0.1) is 5.92 Å². The van der Waals surface area contributed by atoms with E-state index in [1.54, 1.807) is 0 Å². The molecule has 0 atom stereocenters. The molecular formula is C16H23BrN2O2. The third kappa shape index (κ3) is 5.67. The first kappa shape index (κ1) is 16.3.